The number of hydrogen-bond acceptors (Lipinski definition) is 3. The molecule has 3 rings (SSSR count). The van der Waals surface area contributed by atoms with Crippen molar-refractivity contribution in [2.24, 2.45) is 5.73 Å². The Balaban J connectivity index is 1.87. The molecule has 6 heteroatoms. The van der Waals surface area contributed by atoms with Crippen molar-refractivity contribution < 1.29 is 14.0 Å². The van der Waals surface area contributed by atoms with E-state index in [0.29, 0.717) is 11.3 Å². The number of pyridine rings is 1. The van der Waals surface area contributed by atoms with Crippen molar-refractivity contribution in [3.8, 4) is 0 Å². The Morgan fingerprint density at radius 3 is 2.50 bits per heavy atom. The van der Waals surface area contributed by atoms with Crippen LogP contribution in [0.15, 0.2) is 60.8 Å². The minimum Gasteiger partial charge on any atom is -0.369 e. The van der Waals surface area contributed by atoms with E-state index in [-0.39, 0.29) is 0 Å². The molecule has 0 saturated heterocycles. The van der Waals surface area contributed by atoms with Crippen LogP contribution in [0.1, 0.15) is 11.5 Å². The number of amides is 2. The Morgan fingerprint density at radius 1 is 1.08 bits per heavy atom. The Hall–Kier alpha value is -3.28. The van der Waals surface area contributed by atoms with Gasteiger partial charge in [-0.15, -0.1) is 0 Å². The van der Waals surface area contributed by atoms with Crippen molar-refractivity contribution in [2.45, 2.75) is 5.92 Å². The van der Waals surface area contributed by atoms with Crippen LogP contribution in [0.2, 0.25) is 0 Å². The molecule has 3 aromatic rings. The van der Waals surface area contributed by atoms with E-state index in [0.717, 1.165) is 10.9 Å². The lowest BCUT2D eigenvalue weighted by Gasteiger charge is -2.14. The number of aromatic nitrogens is 1. The van der Waals surface area contributed by atoms with Gasteiger partial charge < -0.3 is 11.1 Å². The summed E-state index contributed by atoms with van der Waals surface area (Å²) in [7, 11) is 0. The number of nitrogens with two attached hydrogens (primary N) is 1. The van der Waals surface area contributed by atoms with Gasteiger partial charge in [0, 0.05) is 5.39 Å². The molecule has 3 N–H and O–H groups in total. The van der Waals surface area contributed by atoms with Crippen molar-refractivity contribution in [3.05, 3.63) is 72.2 Å². The van der Waals surface area contributed by atoms with Crippen LogP contribution in [-0.4, -0.2) is 16.8 Å². The number of nitrogens with one attached hydrogen (secondary N) is 1. The Kier molecular flexibility index (Phi) is 4.20. The van der Waals surface area contributed by atoms with Gasteiger partial charge in [-0.05, 0) is 29.8 Å². The number of hydrogen-bond donors (Lipinski definition) is 2. The molecule has 0 fully saturated rings. The SMILES string of the molecule is NC(=O)C(C(=O)Nc1cnc2ccccc2c1)c1ccc(F)cc1. The second-order valence-electron chi connectivity index (χ2n) is 5.29. The van der Waals surface area contributed by atoms with Crippen molar-refractivity contribution in [2.75, 3.05) is 5.32 Å². The highest BCUT2D eigenvalue weighted by Gasteiger charge is 2.26. The molecule has 0 bridgehead atoms. The zero-order chi connectivity index (χ0) is 17.1. The first-order valence-electron chi connectivity index (χ1n) is 7.25. The van der Waals surface area contributed by atoms with Crippen LogP contribution in [0.5, 0.6) is 0 Å². The summed E-state index contributed by atoms with van der Waals surface area (Å²) >= 11 is 0. The number of carbonyl (C=O) groups is 2. The fourth-order valence-electron chi connectivity index (χ4n) is 2.45. The van der Waals surface area contributed by atoms with Crippen molar-refractivity contribution >= 4 is 28.4 Å². The summed E-state index contributed by atoms with van der Waals surface area (Å²) in [6.45, 7) is 0. The smallest absolute Gasteiger partial charge is 0.241 e. The molecule has 1 atom stereocenters. The fourth-order valence-corrected chi connectivity index (χ4v) is 2.45. The number of anilines is 1. The molecular formula is C18H14FN3O2. The number of halogens is 1. The first-order chi connectivity index (χ1) is 11.5. The number of primary amides is 1. The third kappa shape index (κ3) is 3.22. The maximum Gasteiger partial charge on any atom is 0.241 e. The summed E-state index contributed by atoms with van der Waals surface area (Å²) < 4.78 is 13.0. The predicted octanol–water partition coefficient (Wildman–Crippen LogP) is 2.58. The summed E-state index contributed by atoms with van der Waals surface area (Å²) in [5.41, 5.74) is 6.91. The predicted molar refractivity (Wildman–Crippen MR) is 88.7 cm³/mol. The molecule has 120 valence electrons. The van der Waals surface area contributed by atoms with Gasteiger partial charge in [0.05, 0.1) is 17.4 Å². The largest absolute Gasteiger partial charge is 0.369 e. The van der Waals surface area contributed by atoms with E-state index in [1.165, 1.54) is 30.5 Å². The third-order valence-electron chi connectivity index (χ3n) is 3.61. The number of para-hydroxylation sites is 1. The highest BCUT2D eigenvalue weighted by Crippen LogP contribution is 2.21. The number of rotatable bonds is 4. The molecule has 0 aliphatic carbocycles. The molecule has 1 aromatic heterocycles. The molecule has 0 aliphatic heterocycles. The van der Waals surface area contributed by atoms with Gasteiger partial charge in [0.25, 0.3) is 0 Å². The average Bonchev–Trinajstić information content (AvgIpc) is 2.56. The first kappa shape index (κ1) is 15.6. The van der Waals surface area contributed by atoms with E-state index in [4.69, 9.17) is 5.73 Å². The van der Waals surface area contributed by atoms with Gasteiger partial charge in [0.1, 0.15) is 11.7 Å². The fraction of sp³-hybridized carbons (Fsp3) is 0.0556. The number of nitrogens with zero attached hydrogens (tertiary/aromatic N) is 1. The second kappa shape index (κ2) is 6.45. The van der Waals surface area contributed by atoms with E-state index in [2.05, 4.69) is 10.3 Å². The summed E-state index contributed by atoms with van der Waals surface area (Å²) in [6, 6.07) is 14.3. The number of carbonyl (C=O) groups excluding carboxylic acids is 2. The van der Waals surface area contributed by atoms with Crippen molar-refractivity contribution in [1.82, 2.24) is 4.98 Å². The molecule has 0 aliphatic rings. The van der Waals surface area contributed by atoms with Gasteiger partial charge >= 0.3 is 0 Å². The second-order valence-corrected chi connectivity index (χ2v) is 5.29. The van der Waals surface area contributed by atoms with Gasteiger partial charge in [0.15, 0.2) is 0 Å². The Bertz CT molecular complexity index is 910. The van der Waals surface area contributed by atoms with Crippen molar-refractivity contribution in [1.29, 1.82) is 0 Å². The standard InChI is InChI=1S/C18H14FN3O2/c19-13-7-5-11(6-8-13)16(17(20)23)18(24)22-14-9-12-3-1-2-4-15(12)21-10-14/h1-10,16H,(H2,20,23)(H,22,24). The van der Waals surface area contributed by atoms with E-state index in [9.17, 15) is 14.0 Å². The molecule has 1 unspecified atom stereocenters. The van der Waals surface area contributed by atoms with Crippen molar-refractivity contribution in [3.63, 3.8) is 0 Å². The summed E-state index contributed by atoms with van der Waals surface area (Å²) in [4.78, 5) is 28.4. The zero-order valence-electron chi connectivity index (χ0n) is 12.6. The van der Waals surface area contributed by atoms with Gasteiger partial charge in [-0.2, -0.15) is 0 Å². The lowest BCUT2D eigenvalue weighted by atomic mass is 9.97. The van der Waals surface area contributed by atoms with E-state index >= 15 is 0 Å². The van der Waals surface area contributed by atoms with Crippen LogP contribution in [-0.2, 0) is 9.59 Å². The normalized spacial score (nSPS) is 11.9. The Morgan fingerprint density at radius 2 is 1.79 bits per heavy atom. The molecule has 1 heterocycles. The van der Waals surface area contributed by atoms with Gasteiger partial charge in [-0.25, -0.2) is 4.39 Å². The molecule has 24 heavy (non-hydrogen) atoms. The van der Waals surface area contributed by atoms with E-state index in [1.807, 2.05) is 24.3 Å². The van der Waals surface area contributed by atoms with Crippen LogP contribution < -0.4 is 11.1 Å². The third-order valence-corrected chi connectivity index (χ3v) is 3.61. The molecule has 5 nitrogen and oxygen atoms in total. The lowest BCUT2D eigenvalue weighted by molar-refractivity contribution is -0.127. The average molecular weight is 323 g/mol. The lowest BCUT2D eigenvalue weighted by Crippen LogP contribution is -2.32. The van der Waals surface area contributed by atoms with Crippen LogP contribution >= 0.6 is 0 Å². The van der Waals surface area contributed by atoms with Crippen LogP contribution in [0, 0.1) is 5.82 Å². The van der Waals surface area contributed by atoms with Crippen LogP contribution in [0.3, 0.4) is 0 Å². The minimum absolute atomic E-state index is 0.329. The summed E-state index contributed by atoms with van der Waals surface area (Å²) in [6.07, 6.45) is 1.50. The Labute approximate surface area is 137 Å². The number of benzene rings is 2. The molecule has 0 radical (unpaired) electrons. The van der Waals surface area contributed by atoms with E-state index in [1.54, 1.807) is 6.07 Å². The quantitative estimate of drug-likeness (QED) is 0.724. The molecule has 2 aromatic carbocycles. The maximum absolute atomic E-state index is 13.0. The van der Waals surface area contributed by atoms with Gasteiger partial charge in [-0.1, -0.05) is 30.3 Å². The summed E-state index contributed by atoms with van der Waals surface area (Å²) in [5.74, 6) is -3.07. The highest BCUT2D eigenvalue weighted by atomic mass is 19.1. The van der Waals surface area contributed by atoms with E-state index < -0.39 is 23.5 Å². The molecule has 0 spiro atoms. The number of fused-ring (bicyclic) bond motifs is 1. The molecule has 0 saturated carbocycles. The van der Waals surface area contributed by atoms with Gasteiger partial charge in [-0.3, -0.25) is 14.6 Å². The highest BCUT2D eigenvalue weighted by molar-refractivity contribution is 6.10. The summed E-state index contributed by atoms with van der Waals surface area (Å²) in [5, 5.41) is 3.49. The monoisotopic (exact) mass is 323 g/mol. The van der Waals surface area contributed by atoms with Crippen LogP contribution in [0.4, 0.5) is 10.1 Å². The first-order valence-corrected chi connectivity index (χ1v) is 7.25. The topological polar surface area (TPSA) is 85.1 Å². The zero-order valence-corrected chi connectivity index (χ0v) is 12.6. The van der Waals surface area contributed by atoms with Crippen LogP contribution in [0.25, 0.3) is 10.9 Å². The molecular weight excluding hydrogens is 309 g/mol. The minimum atomic E-state index is -1.21. The van der Waals surface area contributed by atoms with Gasteiger partial charge in [0.2, 0.25) is 11.8 Å². The molecule has 2 amide bonds. The maximum atomic E-state index is 13.0.